The molecule has 1 atom stereocenters. The van der Waals surface area contributed by atoms with Crippen molar-refractivity contribution < 1.29 is 9.53 Å². The number of alkyl halides is 2. The quantitative estimate of drug-likeness (QED) is 0.527. The van der Waals surface area contributed by atoms with E-state index in [1.807, 2.05) is 6.07 Å². The number of carbonyl (C=O) groups is 1. The normalized spacial score (nSPS) is 17.6. The first-order chi connectivity index (χ1) is 12.0. The van der Waals surface area contributed by atoms with Gasteiger partial charge in [0.15, 0.2) is 0 Å². The van der Waals surface area contributed by atoms with E-state index in [4.69, 9.17) is 27.9 Å². The SMILES string of the molecule is O=C(NCCCC1CC1(Cl)Cl)Nc1ccc(Oc2cccnc2)cc1. The highest BCUT2D eigenvalue weighted by Crippen LogP contribution is 2.55. The molecule has 1 unspecified atom stereocenters. The molecule has 25 heavy (non-hydrogen) atoms. The maximum absolute atomic E-state index is 11.9. The fraction of sp³-hybridized carbons (Fsp3) is 0.333. The molecule has 2 aromatic rings. The molecule has 5 nitrogen and oxygen atoms in total. The van der Waals surface area contributed by atoms with Gasteiger partial charge in [0.2, 0.25) is 0 Å². The van der Waals surface area contributed by atoms with E-state index in [9.17, 15) is 4.79 Å². The van der Waals surface area contributed by atoms with Crippen molar-refractivity contribution in [2.75, 3.05) is 11.9 Å². The van der Waals surface area contributed by atoms with Gasteiger partial charge in [0, 0.05) is 18.4 Å². The van der Waals surface area contributed by atoms with E-state index < -0.39 is 4.33 Å². The van der Waals surface area contributed by atoms with E-state index in [0.29, 0.717) is 29.6 Å². The van der Waals surface area contributed by atoms with Crippen LogP contribution in [0.5, 0.6) is 11.5 Å². The summed E-state index contributed by atoms with van der Waals surface area (Å²) in [5.74, 6) is 1.69. The number of amides is 2. The summed E-state index contributed by atoms with van der Waals surface area (Å²) in [6.45, 7) is 0.592. The summed E-state index contributed by atoms with van der Waals surface area (Å²) in [6.07, 6.45) is 5.95. The number of rotatable bonds is 7. The van der Waals surface area contributed by atoms with Crippen molar-refractivity contribution in [1.29, 1.82) is 0 Å². The maximum Gasteiger partial charge on any atom is 0.319 e. The molecule has 0 spiro atoms. The van der Waals surface area contributed by atoms with Gasteiger partial charge in [-0.1, -0.05) is 0 Å². The zero-order valence-corrected chi connectivity index (χ0v) is 15.1. The molecule has 2 N–H and O–H groups in total. The third kappa shape index (κ3) is 5.51. The fourth-order valence-corrected chi connectivity index (χ4v) is 3.05. The molecule has 132 valence electrons. The number of nitrogens with one attached hydrogen (secondary N) is 2. The highest BCUT2D eigenvalue weighted by Gasteiger charge is 2.50. The highest BCUT2D eigenvalue weighted by atomic mass is 35.5. The largest absolute Gasteiger partial charge is 0.456 e. The molecule has 7 heteroatoms. The van der Waals surface area contributed by atoms with Crippen LogP contribution in [0.2, 0.25) is 0 Å². The third-order valence-corrected chi connectivity index (χ3v) is 4.88. The standard InChI is InChI=1S/C18H19Cl2N3O2/c19-18(20)11-13(18)3-1-10-22-17(24)23-14-5-7-15(8-6-14)25-16-4-2-9-21-12-16/h2,4-9,12-13H,1,3,10-11H2,(H2,22,23,24). The Morgan fingerprint density at radius 1 is 1.24 bits per heavy atom. The van der Waals surface area contributed by atoms with Gasteiger partial charge < -0.3 is 15.4 Å². The smallest absolute Gasteiger partial charge is 0.319 e. The summed E-state index contributed by atoms with van der Waals surface area (Å²) < 4.78 is 5.11. The van der Waals surface area contributed by atoms with Crippen LogP contribution in [0, 0.1) is 5.92 Å². The summed E-state index contributed by atoms with van der Waals surface area (Å²) in [4.78, 5) is 15.9. The van der Waals surface area contributed by atoms with Crippen molar-refractivity contribution in [3.05, 3.63) is 48.8 Å². The number of hydrogen-bond donors (Lipinski definition) is 2. The van der Waals surface area contributed by atoms with Crippen molar-refractivity contribution >= 4 is 34.9 Å². The summed E-state index contributed by atoms with van der Waals surface area (Å²) in [7, 11) is 0. The number of benzene rings is 1. The Morgan fingerprint density at radius 2 is 2.00 bits per heavy atom. The van der Waals surface area contributed by atoms with Gasteiger partial charge in [0.05, 0.1) is 6.20 Å². The van der Waals surface area contributed by atoms with Gasteiger partial charge in [-0.15, -0.1) is 23.2 Å². The van der Waals surface area contributed by atoms with E-state index in [0.717, 1.165) is 19.3 Å². The van der Waals surface area contributed by atoms with Crippen LogP contribution in [-0.2, 0) is 0 Å². The van der Waals surface area contributed by atoms with Crippen LogP contribution in [0.3, 0.4) is 0 Å². The second-order valence-electron chi connectivity index (χ2n) is 6.00. The molecule has 1 saturated carbocycles. The Labute approximate surface area is 156 Å². The van der Waals surface area contributed by atoms with Crippen LogP contribution in [0.25, 0.3) is 0 Å². The van der Waals surface area contributed by atoms with E-state index >= 15 is 0 Å². The second kappa shape index (κ2) is 7.93. The van der Waals surface area contributed by atoms with Gasteiger partial charge in [-0.05, 0) is 61.6 Å². The van der Waals surface area contributed by atoms with Crippen LogP contribution >= 0.6 is 23.2 Å². The van der Waals surface area contributed by atoms with Crippen molar-refractivity contribution in [2.45, 2.75) is 23.6 Å². The topological polar surface area (TPSA) is 63.2 Å². The minimum absolute atomic E-state index is 0.236. The average Bonchev–Trinajstić information content (AvgIpc) is 3.21. The molecule has 2 amide bonds. The predicted octanol–water partition coefficient (Wildman–Crippen LogP) is 4.97. The molecule has 1 aromatic heterocycles. The van der Waals surface area contributed by atoms with Crippen molar-refractivity contribution in [1.82, 2.24) is 10.3 Å². The van der Waals surface area contributed by atoms with Crippen LogP contribution in [-0.4, -0.2) is 21.9 Å². The number of anilines is 1. The fourth-order valence-electron chi connectivity index (χ4n) is 2.46. The van der Waals surface area contributed by atoms with Gasteiger partial charge in [-0.2, -0.15) is 0 Å². The molecular formula is C18H19Cl2N3O2. The Balaban J connectivity index is 1.38. The molecule has 0 aliphatic heterocycles. The van der Waals surface area contributed by atoms with Crippen molar-refractivity contribution in [2.24, 2.45) is 5.92 Å². The van der Waals surface area contributed by atoms with Crippen molar-refractivity contribution in [3.63, 3.8) is 0 Å². The summed E-state index contributed by atoms with van der Waals surface area (Å²) in [6, 6.07) is 10.5. The highest BCUT2D eigenvalue weighted by molar-refractivity contribution is 6.50. The van der Waals surface area contributed by atoms with Crippen LogP contribution < -0.4 is 15.4 Å². The van der Waals surface area contributed by atoms with Gasteiger partial charge in [0.25, 0.3) is 0 Å². The van der Waals surface area contributed by atoms with Crippen LogP contribution in [0.15, 0.2) is 48.8 Å². The van der Waals surface area contributed by atoms with E-state index in [-0.39, 0.29) is 6.03 Å². The second-order valence-corrected chi connectivity index (χ2v) is 7.54. The number of ether oxygens (including phenoxy) is 1. The first-order valence-corrected chi connectivity index (χ1v) is 8.89. The number of nitrogens with zero attached hydrogens (tertiary/aromatic N) is 1. The molecule has 3 rings (SSSR count). The minimum Gasteiger partial charge on any atom is -0.456 e. The molecule has 1 aromatic carbocycles. The van der Waals surface area contributed by atoms with E-state index in [1.165, 1.54) is 0 Å². The Kier molecular flexibility index (Phi) is 5.66. The molecule has 1 fully saturated rings. The number of pyridine rings is 1. The first-order valence-electron chi connectivity index (χ1n) is 8.13. The van der Waals surface area contributed by atoms with E-state index in [1.54, 1.807) is 42.7 Å². The zero-order valence-electron chi connectivity index (χ0n) is 13.5. The summed E-state index contributed by atoms with van der Waals surface area (Å²) in [5.41, 5.74) is 0.693. The van der Waals surface area contributed by atoms with Gasteiger partial charge in [-0.25, -0.2) is 4.79 Å². The average molecular weight is 380 g/mol. The number of urea groups is 1. The lowest BCUT2D eigenvalue weighted by molar-refractivity contribution is 0.252. The molecule has 0 radical (unpaired) electrons. The van der Waals surface area contributed by atoms with Crippen LogP contribution in [0.4, 0.5) is 10.5 Å². The van der Waals surface area contributed by atoms with Gasteiger partial charge >= 0.3 is 6.03 Å². The van der Waals surface area contributed by atoms with Crippen LogP contribution in [0.1, 0.15) is 19.3 Å². The minimum atomic E-state index is -0.540. The number of hydrogen-bond acceptors (Lipinski definition) is 3. The molecule has 0 saturated heterocycles. The monoisotopic (exact) mass is 379 g/mol. The van der Waals surface area contributed by atoms with Gasteiger partial charge in [0.1, 0.15) is 15.8 Å². The Morgan fingerprint density at radius 3 is 2.64 bits per heavy atom. The third-order valence-electron chi connectivity index (χ3n) is 3.95. The number of carbonyl (C=O) groups excluding carboxylic acids is 1. The zero-order chi connectivity index (χ0) is 17.7. The molecule has 1 aliphatic rings. The Bertz CT molecular complexity index is 708. The molecular weight excluding hydrogens is 361 g/mol. The van der Waals surface area contributed by atoms with Gasteiger partial charge in [-0.3, -0.25) is 4.98 Å². The molecule has 1 heterocycles. The molecule has 1 aliphatic carbocycles. The lowest BCUT2D eigenvalue weighted by atomic mass is 10.2. The van der Waals surface area contributed by atoms with Crippen molar-refractivity contribution in [3.8, 4) is 11.5 Å². The Hall–Kier alpha value is -1.98. The number of halogens is 2. The first kappa shape index (κ1) is 17.8. The summed E-state index contributed by atoms with van der Waals surface area (Å²) >= 11 is 11.9. The predicted molar refractivity (Wildman–Crippen MR) is 99.6 cm³/mol. The van der Waals surface area contributed by atoms with E-state index in [2.05, 4.69) is 15.6 Å². The summed E-state index contributed by atoms with van der Waals surface area (Å²) in [5, 5.41) is 5.60. The lowest BCUT2D eigenvalue weighted by Crippen LogP contribution is -2.29. The number of aromatic nitrogens is 1. The molecule has 0 bridgehead atoms. The maximum atomic E-state index is 11.9. The lowest BCUT2D eigenvalue weighted by Gasteiger charge is -2.09.